The molecule has 100 valence electrons. The van der Waals surface area contributed by atoms with Gasteiger partial charge in [0, 0.05) is 14.5 Å². The lowest BCUT2D eigenvalue weighted by Crippen LogP contribution is -1.82. The van der Waals surface area contributed by atoms with Crippen LogP contribution in [0.4, 0.5) is 0 Å². The van der Waals surface area contributed by atoms with Crippen molar-refractivity contribution in [3.05, 3.63) is 51.4 Å². The van der Waals surface area contributed by atoms with Crippen LogP contribution >= 0.6 is 31.9 Å². The third-order valence-electron chi connectivity index (χ3n) is 2.70. The second-order valence-electron chi connectivity index (χ2n) is 4.09. The highest BCUT2D eigenvalue weighted by molar-refractivity contribution is 9.10. The Morgan fingerprint density at radius 2 is 1.80 bits per heavy atom. The first-order valence-corrected chi connectivity index (χ1v) is 7.30. The van der Waals surface area contributed by atoms with Gasteiger partial charge in [0.15, 0.2) is 0 Å². The van der Waals surface area contributed by atoms with Gasteiger partial charge in [0.2, 0.25) is 5.82 Å². The zero-order valence-corrected chi connectivity index (χ0v) is 13.2. The van der Waals surface area contributed by atoms with Crippen LogP contribution in [-0.4, -0.2) is 15.2 Å². The molecule has 0 saturated heterocycles. The molecule has 0 aliphatic carbocycles. The molecule has 3 aromatic rings. The lowest BCUT2D eigenvalue weighted by atomic mass is 10.2. The monoisotopic (exact) mass is 394 g/mol. The Morgan fingerprint density at radius 1 is 1.00 bits per heavy atom. The second-order valence-corrected chi connectivity index (χ2v) is 5.93. The summed E-state index contributed by atoms with van der Waals surface area (Å²) in [5, 5.41) is 13.8. The Morgan fingerprint density at radius 3 is 2.55 bits per heavy atom. The van der Waals surface area contributed by atoms with Crippen LogP contribution in [0.1, 0.15) is 0 Å². The fourth-order valence-electron chi connectivity index (χ4n) is 1.76. The van der Waals surface area contributed by atoms with Crippen LogP contribution in [-0.2, 0) is 0 Å². The van der Waals surface area contributed by atoms with Gasteiger partial charge in [0.1, 0.15) is 5.75 Å². The molecule has 0 aliphatic heterocycles. The predicted octanol–water partition coefficient (Wildman–Crippen LogP) is 4.63. The highest BCUT2D eigenvalue weighted by Crippen LogP contribution is 2.32. The maximum atomic E-state index is 9.90. The van der Waals surface area contributed by atoms with Gasteiger partial charge in [-0.25, -0.2) is 0 Å². The van der Waals surface area contributed by atoms with E-state index in [0.717, 1.165) is 14.5 Å². The minimum absolute atomic E-state index is 0.0869. The molecule has 20 heavy (non-hydrogen) atoms. The van der Waals surface area contributed by atoms with Crippen LogP contribution in [0.5, 0.6) is 5.75 Å². The van der Waals surface area contributed by atoms with Crippen molar-refractivity contribution < 1.29 is 9.63 Å². The summed E-state index contributed by atoms with van der Waals surface area (Å²) in [4.78, 5) is 4.31. The van der Waals surface area contributed by atoms with Crippen molar-refractivity contribution in [2.45, 2.75) is 0 Å². The third kappa shape index (κ3) is 2.62. The normalized spacial score (nSPS) is 10.7. The second kappa shape index (κ2) is 5.38. The van der Waals surface area contributed by atoms with E-state index < -0.39 is 0 Å². The standard InChI is InChI=1S/C14H8Br2N2O2/c15-9-3-1-2-8(6-9)13-17-14(20-18-13)11-5-4-10(16)7-12(11)19/h1-7,19H. The number of phenols is 1. The summed E-state index contributed by atoms with van der Waals surface area (Å²) in [6.07, 6.45) is 0. The largest absolute Gasteiger partial charge is 0.507 e. The van der Waals surface area contributed by atoms with Crippen molar-refractivity contribution in [2.24, 2.45) is 0 Å². The van der Waals surface area contributed by atoms with E-state index in [-0.39, 0.29) is 11.6 Å². The van der Waals surface area contributed by atoms with Crippen molar-refractivity contribution in [1.29, 1.82) is 0 Å². The van der Waals surface area contributed by atoms with E-state index in [4.69, 9.17) is 4.52 Å². The summed E-state index contributed by atoms with van der Waals surface area (Å²) in [6, 6.07) is 12.7. The maximum Gasteiger partial charge on any atom is 0.261 e. The van der Waals surface area contributed by atoms with E-state index in [1.165, 1.54) is 0 Å². The number of rotatable bonds is 2. The molecule has 0 spiro atoms. The molecule has 6 heteroatoms. The summed E-state index contributed by atoms with van der Waals surface area (Å²) in [5.41, 5.74) is 1.34. The zero-order valence-electron chi connectivity index (χ0n) is 10.0. The molecule has 1 heterocycles. The lowest BCUT2D eigenvalue weighted by molar-refractivity contribution is 0.425. The molecular weight excluding hydrogens is 388 g/mol. The van der Waals surface area contributed by atoms with Gasteiger partial charge in [-0.3, -0.25) is 0 Å². The molecule has 0 radical (unpaired) electrons. The Balaban J connectivity index is 2.02. The molecule has 0 aliphatic rings. The number of aromatic hydroxyl groups is 1. The first-order chi connectivity index (χ1) is 9.63. The molecule has 4 nitrogen and oxygen atoms in total. The van der Waals surface area contributed by atoms with Crippen LogP contribution in [0.25, 0.3) is 22.8 Å². The topological polar surface area (TPSA) is 59.2 Å². The van der Waals surface area contributed by atoms with E-state index >= 15 is 0 Å². The molecule has 0 fully saturated rings. The Bertz CT molecular complexity index is 771. The first-order valence-electron chi connectivity index (χ1n) is 5.72. The molecule has 0 atom stereocenters. The first kappa shape index (κ1) is 13.3. The molecule has 0 unspecified atom stereocenters. The van der Waals surface area contributed by atoms with Crippen LogP contribution in [0.2, 0.25) is 0 Å². The van der Waals surface area contributed by atoms with E-state index in [9.17, 15) is 5.11 Å². The van der Waals surface area contributed by atoms with E-state index in [0.29, 0.717) is 11.4 Å². The van der Waals surface area contributed by atoms with Crippen LogP contribution in [0.15, 0.2) is 55.9 Å². The fraction of sp³-hybridized carbons (Fsp3) is 0. The quantitative estimate of drug-likeness (QED) is 0.686. The van der Waals surface area contributed by atoms with E-state index in [1.54, 1.807) is 18.2 Å². The highest BCUT2D eigenvalue weighted by atomic mass is 79.9. The number of hydrogen-bond acceptors (Lipinski definition) is 4. The van der Waals surface area contributed by atoms with Gasteiger partial charge in [-0.1, -0.05) is 49.1 Å². The summed E-state index contributed by atoms with van der Waals surface area (Å²) in [5.74, 6) is 0.845. The van der Waals surface area contributed by atoms with E-state index in [2.05, 4.69) is 42.0 Å². The van der Waals surface area contributed by atoms with Crippen molar-refractivity contribution in [1.82, 2.24) is 10.1 Å². The summed E-state index contributed by atoms with van der Waals surface area (Å²) in [6.45, 7) is 0. The summed E-state index contributed by atoms with van der Waals surface area (Å²) < 4.78 is 6.93. The number of hydrogen-bond donors (Lipinski definition) is 1. The molecule has 1 aromatic heterocycles. The highest BCUT2D eigenvalue weighted by Gasteiger charge is 2.14. The van der Waals surface area contributed by atoms with Gasteiger partial charge in [0.25, 0.3) is 5.89 Å². The molecule has 2 aromatic carbocycles. The van der Waals surface area contributed by atoms with Gasteiger partial charge < -0.3 is 9.63 Å². The summed E-state index contributed by atoms with van der Waals surface area (Å²) in [7, 11) is 0. The number of nitrogens with zero attached hydrogens (tertiary/aromatic N) is 2. The van der Waals surface area contributed by atoms with E-state index in [1.807, 2.05) is 24.3 Å². The predicted molar refractivity (Wildman–Crippen MR) is 82.2 cm³/mol. The Kier molecular flexibility index (Phi) is 3.58. The minimum Gasteiger partial charge on any atom is -0.507 e. The number of halogens is 2. The number of phenolic OH excluding ortho intramolecular Hbond substituents is 1. The molecule has 3 rings (SSSR count). The van der Waals surface area contributed by atoms with Gasteiger partial charge in [0.05, 0.1) is 5.56 Å². The fourth-order valence-corrected chi connectivity index (χ4v) is 2.51. The Hall–Kier alpha value is -1.66. The summed E-state index contributed by atoms with van der Waals surface area (Å²) >= 11 is 6.69. The lowest BCUT2D eigenvalue weighted by Gasteiger charge is -1.99. The molecular formula is C14H8Br2N2O2. The van der Waals surface area contributed by atoms with Crippen LogP contribution in [0, 0.1) is 0 Å². The Labute approximate surface area is 131 Å². The SMILES string of the molecule is Oc1cc(Br)ccc1-c1nc(-c2cccc(Br)c2)no1. The zero-order chi connectivity index (χ0) is 14.1. The van der Waals surface area contributed by atoms with Crippen LogP contribution < -0.4 is 0 Å². The molecule has 1 N–H and O–H groups in total. The third-order valence-corrected chi connectivity index (χ3v) is 3.69. The average molecular weight is 396 g/mol. The van der Waals surface area contributed by atoms with Gasteiger partial charge in [-0.05, 0) is 30.3 Å². The van der Waals surface area contributed by atoms with Crippen molar-refractivity contribution >= 4 is 31.9 Å². The minimum atomic E-state index is 0.0869. The smallest absolute Gasteiger partial charge is 0.261 e. The molecule has 0 bridgehead atoms. The number of aromatic nitrogens is 2. The maximum absolute atomic E-state index is 9.90. The molecule has 0 saturated carbocycles. The van der Waals surface area contributed by atoms with Crippen molar-refractivity contribution in [3.8, 4) is 28.6 Å². The van der Waals surface area contributed by atoms with Crippen LogP contribution in [0.3, 0.4) is 0 Å². The number of benzene rings is 2. The van der Waals surface area contributed by atoms with Crippen molar-refractivity contribution in [2.75, 3.05) is 0 Å². The average Bonchev–Trinajstić information content (AvgIpc) is 2.88. The van der Waals surface area contributed by atoms with Crippen molar-refractivity contribution in [3.63, 3.8) is 0 Å². The molecule has 0 amide bonds. The van der Waals surface area contributed by atoms with Gasteiger partial charge in [-0.2, -0.15) is 4.98 Å². The van der Waals surface area contributed by atoms with Gasteiger partial charge in [-0.15, -0.1) is 0 Å². The van der Waals surface area contributed by atoms with Gasteiger partial charge >= 0.3 is 0 Å².